The third-order valence-electron chi connectivity index (χ3n) is 1.93. The summed E-state index contributed by atoms with van der Waals surface area (Å²) in [4.78, 5) is 15.0. The molecule has 3 nitrogen and oxygen atoms in total. The highest BCUT2D eigenvalue weighted by molar-refractivity contribution is 9.10. The average Bonchev–Trinajstić information content (AvgIpc) is 2.20. The zero-order valence-electron chi connectivity index (χ0n) is 8.05. The zero-order chi connectivity index (χ0) is 11.6. The highest BCUT2D eigenvalue weighted by Crippen LogP contribution is 2.29. The van der Waals surface area contributed by atoms with E-state index in [-0.39, 0.29) is 16.7 Å². The lowest BCUT2D eigenvalue weighted by Gasteiger charge is -2.10. The number of hydrogen-bond donors (Lipinski definition) is 0. The molecule has 0 aliphatic rings. The summed E-state index contributed by atoms with van der Waals surface area (Å²) in [7, 11) is 1.13. The maximum atomic E-state index is 12.7. The predicted octanol–water partition coefficient (Wildman–Crippen LogP) is 2.88. The maximum Gasteiger partial charge on any atom is 0.339 e. The summed E-state index contributed by atoms with van der Waals surface area (Å²) < 4.78 is 30.1. The molecule has 0 fully saturated rings. The Morgan fingerprint density at radius 3 is 2.67 bits per heavy atom. The molecule has 1 rings (SSSR count). The smallest absolute Gasteiger partial charge is 0.339 e. The molecule has 0 saturated heterocycles. The van der Waals surface area contributed by atoms with Gasteiger partial charge in [0.25, 0.3) is 6.43 Å². The Hall–Kier alpha value is -1.04. The van der Waals surface area contributed by atoms with Gasteiger partial charge in [-0.1, -0.05) is 0 Å². The second kappa shape index (κ2) is 4.65. The largest absolute Gasteiger partial charge is 0.465 e. The number of aromatic nitrogens is 1. The van der Waals surface area contributed by atoms with Gasteiger partial charge in [-0.15, -0.1) is 0 Å². The van der Waals surface area contributed by atoms with E-state index in [2.05, 4.69) is 25.7 Å². The van der Waals surface area contributed by atoms with Crippen molar-refractivity contribution in [1.29, 1.82) is 0 Å². The normalized spacial score (nSPS) is 10.5. The van der Waals surface area contributed by atoms with E-state index in [1.54, 1.807) is 0 Å². The van der Waals surface area contributed by atoms with Crippen molar-refractivity contribution in [2.45, 2.75) is 13.3 Å². The van der Waals surface area contributed by atoms with Gasteiger partial charge in [-0.2, -0.15) is 0 Å². The Bertz CT molecular complexity index is 396. The van der Waals surface area contributed by atoms with Gasteiger partial charge in [0.2, 0.25) is 0 Å². The molecule has 0 saturated carbocycles. The van der Waals surface area contributed by atoms with Gasteiger partial charge in [-0.25, -0.2) is 18.6 Å². The summed E-state index contributed by atoms with van der Waals surface area (Å²) >= 11 is 3.02. The molecule has 0 radical (unpaired) electrons. The van der Waals surface area contributed by atoms with Crippen molar-refractivity contribution in [1.82, 2.24) is 4.98 Å². The molecule has 0 aromatic carbocycles. The molecule has 0 spiro atoms. The Balaban J connectivity index is 3.40. The van der Waals surface area contributed by atoms with Crippen molar-refractivity contribution < 1.29 is 18.3 Å². The fourth-order valence-electron chi connectivity index (χ4n) is 1.15. The van der Waals surface area contributed by atoms with Crippen molar-refractivity contribution in [2.75, 3.05) is 7.11 Å². The number of hydrogen-bond acceptors (Lipinski definition) is 3. The monoisotopic (exact) mass is 279 g/mol. The van der Waals surface area contributed by atoms with E-state index in [0.29, 0.717) is 4.60 Å². The first kappa shape index (κ1) is 12.0. The van der Waals surface area contributed by atoms with Crippen LogP contribution in [0.2, 0.25) is 0 Å². The minimum atomic E-state index is -2.74. The average molecular weight is 280 g/mol. The van der Waals surface area contributed by atoms with Gasteiger partial charge >= 0.3 is 5.97 Å². The number of ether oxygens (including phenoxy) is 1. The molecule has 15 heavy (non-hydrogen) atoms. The van der Waals surface area contributed by atoms with E-state index in [1.165, 1.54) is 6.92 Å². The molecule has 0 amide bonds. The molecule has 1 aromatic heterocycles. The van der Waals surface area contributed by atoms with Gasteiger partial charge in [0.1, 0.15) is 4.60 Å². The van der Waals surface area contributed by atoms with Gasteiger partial charge in [-0.05, 0) is 28.4 Å². The summed E-state index contributed by atoms with van der Waals surface area (Å²) in [5.74, 6) is -0.812. The molecule has 82 valence electrons. The number of pyridine rings is 1. The summed E-state index contributed by atoms with van der Waals surface area (Å²) in [5.41, 5.74) is -0.301. The molecule has 0 N–H and O–H groups in total. The van der Waals surface area contributed by atoms with Gasteiger partial charge < -0.3 is 4.74 Å². The quantitative estimate of drug-likeness (QED) is 0.617. The van der Waals surface area contributed by atoms with Crippen LogP contribution in [0.15, 0.2) is 10.8 Å². The van der Waals surface area contributed by atoms with Crippen molar-refractivity contribution in [3.63, 3.8) is 0 Å². The Kier molecular flexibility index (Phi) is 3.73. The standard InChI is InChI=1S/C9H8BrF2NO2/c1-4-6(8(11)12)5(9(14)15-2)3-13-7(4)10/h3,8H,1-2H3. The predicted molar refractivity (Wildman–Crippen MR) is 53.0 cm³/mol. The van der Waals surface area contributed by atoms with E-state index >= 15 is 0 Å². The number of alkyl halides is 2. The van der Waals surface area contributed by atoms with Gasteiger partial charge in [-0.3, -0.25) is 0 Å². The van der Waals surface area contributed by atoms with E-state index in [1.807, 2.05) is 0 Å². The van der Waals surface area contributed by atoms with Crippen LogP contribution in [0.1, 0.15) is 27.9 Å². The van der Waals surface area contributed by atoms with Crippen LogP contribution in [0.3, 0.4) is 0 Å². The number of carbonyl (C=O) groups excluding carboxylic acids is 1. The molecule has 6 heteroatoms. The lowest BCUT2D eigenvalue weighted by atomic mass is 10.1. The Labute approximate surface area is 93.6 Å². The van der Waals surface area contributed by atoms with E-state index in [0.717, 1.165) is 13.3 Å². The van der Waals surface area contributed by atoms with Crippen LogP contribution < -0.4 is 0 Å². The Morgan fingerprint density at radius 2 is 2.20 bits per heavy atom. The second-order valence-corrected chi connectivity index (χ2v) is 3.54. The van der Waals surface area contributed by atoms with Crippen LogP contribution in [0.5, 0.6) is 0 Å². The molecule has 1 aromatic rings. The fourth-order valence-corrected chi connectivity index (χ4v) is 1.47. The van der Waals surface area contributed by atoms with E-state index < -0.39 is 12.4 Å². The summed E-state index contributed by atoms with van der Waals surface area (Å²) in [6.45, 7) is 1.46. The number of methoxy groups -OCH3 is 1. The molecular weight excluding hydrogens is 272 g/mol. The molecule has 0 aliphatic heterocycles. The second-order valence-electron chi connectivity index (χ2n) is 2.79. The van der Waals surface area contributed by atoms with E-state index in [4.69, 9.17) is 0 Å². The Morgan fingerprint density at radius 1 is 1.60 bits per heavy atom. The topological polar surface area (TPSA) is 39.2 Å². The maximum absolute atomic E-state index is 12.7. The number of halogens is 3. The van der Waals surface area contributed by atoms with Gasteiger partial charge in [0, 0.05) is 11.8 Å². The van der Waals surface area contributed by atoms with Crippen LogP contribution in [0.25, 0.3) is 0 Å². The van der Waals surface area contributed by atoms with Gasteiger partial charge in [0.05, 0.1) is 12.7 Å². The number of nitrogens with zero attached hydrogens (tertiary/aromatic N) is 1. The van der Waals surface area contributed by atoms with Crippen molar-refractivity contribution in [3.8, 4) is 0 Å². The van der Waals surface area contributed by atoms with Crippen molar-refractivity contribution >= 4 is 21.9 Å². The number of esters is 1. The third kappa shape index (κ3) is 2.31. The first-order valence-corrected chi connectivity index (χ1v) is 4.79. The molecular formula is C9H8BrF2NO2. The number of rotatable bonds is 2. The minimum absolute atomic E-state index is 0.201. The summed E-state index contributed by atoms with van der Waals surface area (Å²) in [6.07, 6.45) is -1.66. The minimum Gasteiger partial charge on any atom is -0.465 e. The zero-order valence-corrected chi connectivity index (χ0v) is 9.64. The molecule has 1 heterocycles. The molecule has 0 atom stereocenters. The fraction of sp³-hybridized carbons (Fsp3) is 0.333. The van der Waals surface area contributed by atoms with Crippen LogP contribution in [-0.4, -0.2) is 18.1 Å². The number of carbonyl (C=O) groups is 1. The lowest BCUT2D eigenvalue weighted by molar-refractivity contribution is 0.0588. The molecule has 0 bridgehead atoms. The van der Waals surface area contributed by atoms with Crippen molar-refractivity contribution in [2.24, 2.45) is 0 Å². The summed E-state index contributed by atoms with van der Waals surface area (Å²) in [6, 6.07) is 0. The molecule has 0 aliphatic carbocycles. The van der Waals surface area contributed by atoms with Crippen molar-refractivity contribution in [3.05, 3.63) is 27.5 Å². The molecule has 0 unspecified atom stereocenters. The van der Waals surface area contributed by atoms with Crippen LogP contribution >= 0.6 is 15.9 Å². The van der Waals surface area contributed by atoms with Crippen LogP contribution in [0.4, 0.5) is 8.78 Å². The third-order valence-corrected chi connectivity index (χ3v) is 2.73. The SMILES string of the molecule is COC(=O)c1cnc(Br)c(C)c1C(F)F. The van der Waals surface area contributed by atoms with Crippen LogP contribution in [-0.2, 0) is 4.74 Å². The first-order valence-electron chi connectivity index (χ1n) is 4.00. The highest BCUT2D eigenvalue weighted by atomic mass is 79.9. The van der Waals surface area contributed by atoms with Gasteiger partial charge in [0.15, 0.2) is 0 Å². The summed E-state index contributed by atoms with van der Waals surface area (Å²) in [5, 5.41) is 0. The van der Waals surface area contributed by atoms with Crippen LogP contribution in [0, 0.1) is 6.92 Å². The lowest BCUT2D eigenvalue weighted by Crippen LogP contribution is -2.09. The van der Waals surface area contributed by atoms with E-state index in [9.17, 15) is 13.6 Å². The first-order chi connectivity index (χ1) is 6.99. The highest BCUT2D eigenvalue weighted by Gasteiger charge is 2.23.